The van der Waals surface area contributed by atoms with E-state index in [1.54, 1.807) is 12.3 Å². The van der Waals surface area contributed by atoms with Crippen LogP contribution in [0.15, 0.2) is 22.9 Å². The van der Waals surface area contributed by atoms with E-state index in [1.165, 1.54) is 20.0 Å². The van der Waals surface area contributed by atoms with E-state index in [-0.39, 0.29) is 0 Å². The van der Waals surface area contributed by atoms with E-state index in [9.17, 15) is 13.2 Å². The number of hydrogen-bond donors (Lipinski definition) is 1. The molecule has 0 amide bonds. The van der Waals surface area contributed by atoms with Crippen LogP contribution in [0.1, 0.15) is 24.2 Å². The predicted octanol–water partition coefficient (Wildman–Crippen LogP) is 2.33. The quantitative estimate of drug-likeness (QED) is 0.866. The topological polar surface area (TPSA) is 79.9 Å². The molecule has 0 aliphatic carbocycles. The summed E-state index contributed by atoms with van der Waals surface area (Å²) in [5.41, 5.74) is 0.884. The van der Waals surface area contributed by atoms with Gasteiger partial charge in [-0.3, -0.25) is 4.79 Å². The number of Topliss-reactive ketones (excluding diaryl/α,β-unsaturated/α-hetero) is 1. The molecule has 0 aliphatic heterocycles. The Labute approximate surface area is 119 Å². The molecule has 19 heavy (non-hydrogen) atoms. The second-order valence-electron chi connectivity index (χ2n) is 4.86. The fraction of sp³-hybridized carbons (Fsp3) is 0.333. The smallest absolute Gasteiger partial charge is 0.185 e. The molecule has 0 radical (unpaired) electrons. The molecule has 2 heterocycles. The highest BCUT2D eigenvalue weighted by Crippen LogP contribution is 2.27. The van der Waals surface area contributed by atoms with Crippen LogP contribution in [0.5, 0.6) is 0 Å². The molecule has 0 saturated heterocycles. The number of nitrogens with zero attached hydrogens (tertiary/aromatic N) is 1. The molecule has 102 valence electrons. The Bertz CT molecular complexity index is 762. The number of aromatic amines is 1. The Morgan fingerprint density at radius 2 is 2.05 bits per heavy atom. The van der Waals surface area contributed by atoms with Gasteiger partial charge in [0, 0.05) is 34.1 Å². The van der Waals surface area contributed by atoms with Gasteiger partial charge in [0.25, 0.3) is 0 Å². The summed E-state index contributed by atoms with van der Waals surface area (Å²) in [6, 6.07) is 1.74. The van der Waals surface area contributed by atoms with Crippen molar-refractivity contribution < 1.29 is 13.2 Å². The zero-order valence-electron chi connectivity index (χ0n) is 10.7. The maximum Gasteiger partial charge on any atom is 0.185 e. The van der Waals surface area contributed by atoms with E-state index in [0.29, 0.717) is 16.6 Å². The van der Waals surface area contributed by atoms with Gasteiger partial charge in [-0.1, -0.05) is 0 Å². The van der Waals surface area contributed by atoms with Gasteiger partial charge in [0.15, 0.2) is 15.6 Å². The summed E-state index contributed by atoms with van der Waals surface area (Å²) >= 11 is 3.28. The van der Waals surface area contributed by atoms with Crippen molar-refractivity contribution in [2.75, 3.05) is 6.26 Å². The first kappa shape index (κ1) is 14.2. The number of rotatable bonds is 3. The second kappa shape index (κ2) is 4.42. The first-order valence-corrected chi connectivity index (χ1v) is 8.20. The van der Waals surface area contributed by atoms with Crippen LogP contribution < -0.4 is 0 Å². The van der Waals surface area contributed by atoms with Crippen molar-refractivity contribution in [3.8, 4) is 0 Å². The zero-order chi connectivity index (χ0) is 14.4. The van der Waals surface area contributed by atoms with Crippen molar-refractivity contribution in [1.82, 2.24) is 9.97 Å². The van der Waals surface area contributed by atoms with Crippen molar-refractivity contribution in [2.45, 2.75) is 18.6 Å². The van der Waals surface area contributed by atoms with Crippen molar-refractivity contribution in [2.24, 2.45) is 0 Å². The van der Waals surface area contributed by atoms with Gasteiger partial charge in [-0.05, 0) is 35.8 Å². The first-order valence-electron chi connectivity index (χ1n) is 5.51. The fourth-order valence-corrected chi connectivity index (χ4v) is 2.44. The fourth-order valence-electron chi connectivity index (χ4n) is 1.66. The van der Waals surface area contributed by atoms with Crippen molar-refractivity contribution >= 4 is 42.6 Å². The number of H-pyrrole nitrogens is 1. The number of carbonyl (C=O) groups is 1. The molecule has 0 saturated carbocycles. The van der Waals surface area contributed by atoms with E-state index in [2.05, 4.69) is 25.9 Å². The van der Waals surface area contributed by atoms with Crippen LogP contribution in [0.25, 0.3) is 11.0 Å². The summed E-state index contributed by atoms with van der Waals surface area (Å²) in [5, 5.41) is 0.608. The van der Waals surface area contributed by atoms with E-state index < -0.39 is 20.4 Å². The minimum absolute atomic E-state index is 0.333. The Kier molecular flexibility index (Phi) is 3.30. The molecule has 0 aromatic carbocycles. The van der Waals surface area contributed by atoms with E-state index in [4.69, 9.17) is 0 Å². The van der Waals surface area contributed by atoms with E-state index in [1.807, 2.05) is 0 Å². The number of fused-ring (bicyclic) bond motifs is 1. The lowest BCUT2D eigenvalue weighted by molar-refractivity contribution is 0.0956. The van der Waals surface area contributed by atoms with Crippen LogP contribution in [-0.4, -0.2) is 35.2 Å². The average molecular weight is 345 g/mol. The number of halogens is 1. The summed E-state index contributed by atoms with van der Waals surface area (Å²) in [6.07, 6.45) is 4.17. The van der Waals surface area contributed by atoms with Gasteiger partial charge in [0.1, 0.15) is 10.4 Å². The summed E-state index contributed by atoms with van der Waals surface area (Å²) in [6.45, 7) is 2.82. The standard InChI is InChI=1S/C12H13BrN2O3S/c1-12(2,19(3,17)18)10(16)9-6-15-11-8(9)4-7(13)5-14-11/h4-6H,1-3H3,(H,14,15). The molecular weight excluding hydrogens is 332 g/mol. The Morgan fingerprint density at radius 3 is 2.63 bits per heavy atom. The second-order valence-corrected chi connectivity index (χ2v) is 8.34. The third kappa shape index (κ3) is 2.32. The van der Waals surface area contributed by atoms with Gasteiger partial charge in [-0.2, -0.15) is 0 Å². The molecule has 7 heteroatoms. The lowest BCUT2D eigenvalue weighted by Gasteiger charge is -2.20. The number of ketones is 1. The van der Waals surface area contributed by atoms with Gasteiger partial charge < -0.3 is 4.98 Å². The van der Waals surface area contributed by atoms with Crippen LogP contribution >= 0.6 is 15.9 Å². The monoisotopic (exact) mass is 344 g/mol. The number of pyridine rings is 1. The molecule has 5 nitrogen and oxygen atoms in total. The van der Waals surface area contributed by atoms with Crippen LogP contribution in [0.3, 0.4) is 0 Å². The lowest BCUT2D eigenvalue weighted by Crippen LogP contribution is -2.39. The number of nitrogens with one attached hydrogen (secondary N) is 1. The van der Waals surface area contributed by atoms with Gasteiger partial charge in [0.2, 0.25) is 0 Å². The molecule has 0 spiro atoms. The van der Waals surface area contributed by atoms with Gasteiger partial charge in [-0.15, -0.1) is 0 Å². The third-order valence-electron chi connectivity index (χ3n) is 3.22. The normalized spacial score (nSPS) is 12.8. The Balaban J connectivity index is 2.63. The molecule has 0 unspecified atom stereocenters. The molecule has 2 aromatic heterocycles. The average Bonchev–Trinajstić information content (AvgIpc) is 2.69. The summed E-state index contributed by atoms with van der Waals surface area (Å²) in [5.74, 6) is -0.443. The summed E-state index contributed by atoms with van der Waals surface area (Å²) in [7, 11) is -3.50. The molecule has 0 atom stereocenters. The molecule has 0 aliphatic rings. The SMILES string of the molecule is CC(C)(C(=O)c1c[nH]c2ncc(Br)cc12)S(C)(=O)=O. The van der Waals surface area contributed by atoms with Gasteiger partial charge in [0.05, 0.1) is 0 Å². The Hall–Kier alpha value is -1.21. The van der Waals surface area contributed by atoms with Crippen LogP contribution in [0.2, 0.25) is 0 Å². The van der Waals surface area contributed by atoms with Gasteiger partial charge in [-0.25, -0.2) is 13.4 Å². The van der Waals surface area contributed by atoms with Crippen LogP contribution in [0.4, 0.5) is 0 Å². The molecule has 1 N–H and O–H groups in total. The highest BCUT2D eigenvalue weighted by molar-refractivity contribution is 9.10. The zero-order valence-corrected chi connectivity index (χ0v) is 13.1. The molecule has 2 rings (SSSR count). The van der Waals surface area contributed by atoms with Crippen molar-refractivity contribution in [1.29, 1.82) is 0 Å². The van der Waals surface area contributed by atoms with Crippen LogP contribution in [0, 0.1) is 0 Å². The number of aromatic nitrogens is 2. The summed E-state index contributed by atoms with van der Waals surface area (Å²) < 4.78 is 22.7. The maximum absolute atomic E-state index is 12.5. The van der Waals surface area contributed by atoms with E-state index in [0.717, 1.165) is 10.7 Å². The molecule has 0 bridgehead atoms. The highest BCUT2D eigenvalue weighted by atomic mass is 79.9. The van der Waals surface area contributed by atoms with Crippen molar-refractivity contribution in [3.05, 3.63) is 28.5 Å². The molecule has 2 aromatic rings. The summed E-state index contributed by atoms with van der Waals surface area (Å²) in [4.78, 5) is 19.5. The Morgan fingerprint density at radius 1 is 1.42 bits per heavy atom. The highest BCUT2D eigenvalue weighted by Gasteiger charge is 2.39. The van der Waals surface area contributed by atoms with Gasteiger partial charge >= 0.3 is 0 Å². The minimum atomic E-state index is -3.50. The number of hydrogen-bond acceptors (Lipinski definition) is 4. The third-order valence-corrected chi connectivity index (χ3v) is 5.69. The van der Waals surface area contributed by atoms with Crippen LogP contribution in [-0.2, 0) is 9.84 Å². The first-order chi connectivity index (χ1) is 8.64. The molecule has 0 fully saturated rings. The maximum atomic E-state index is 12.5. The largest absolute Gasteiger partial charge is 0.345 e. The molecular formula is C12H13BrN2O3S. The van der Waals surface area contributed by atoms with E-state index >= 15 is 0 Å². The minimum Gasteiger partial charge on any atom is -0.345 e. The van der Waals surface area contributed by atoms with Crippen molar-refractivity contribution in [3.63, 3.8) is 0 Å². The predicted molar refractivity (Wildman–Crippen MR) is 77.0 cm³/mol. The number of sulfone groups is 1. The lowest BCUT2D eigenvalue weighted by atomic mass is 10.0. The number of carbonyl (C=O) groups excluding carboxylic acids is 1.